The van der Waals surface area contributed by atoms with E-state index in [2.05, 4.69) is 5.32 Å². The lowest BCUT2D eigenvalue weighted by Crippen LogP contribution is -2.26. The number of hydrogen-bond donors (Lipinski definition) is 1. The number of carbonyl (C=O) groups is 1. The Morgan fingerprint density at radius 2 is 1.92 bits per heavy atom. The third-order valence-electron chi connectivity index (χ3n) is 4.20. The molecule has 0 spiro atoms. The molecule has 138 valence electrons. The molecule has 5 heteroatoms. The number of rotatable bonds is 7. The molecule has 2 aromatic rings. The summed E-state index contributed by atoms with van der Waals surface area (Å²) < 4.78 is 16.7. The van der Waals surface area contributed by atoms with Crippen LogP contribution in [0.2, 0.25) is 0 Å². The fraction of sp³-hybridized carbons (Fsp3) is 0.381. The number of carbonyl (C=O) groups excluding carboxylic acids is 1. The molecule has 0 aliphatic carbocycles. The maximum Gasteiger partial charge on any atom is 0.407 e. The Kier molecular flexibility index (Phi) is 6.90. The van der Waals surface area contributed by atoms with Gasteiger partial charge in [-0.3, -0.25) is 0 Å². The molecular formula is C21H25NO4. The van der Waals surface area contributed by atoms with E-state index in [1.807, 2.05) is 54.6 Å². The maximum absolute atomic E-state index is 11.8. The van der Waals surface area contributed by atoms with Crippen molar-refractivity contribution in [3.8, 4) is 5.75 Å². The van der Waals surface area contributed by atoms with E-state index in [0.717, 1.165) is 42.7 Å². The molecule has 0 aromatic heterocycles. The highest BCUT2D eigenvalue weighted by Crippen LogP contribution is 2.20. The van der Waals surface area contributed by atoms with Gasteiger partial charge in [0.25, 0.3) is 0 Å². The number of benzene rings is 2. The van der Waals surface area contributed by atoms with Crippen LogP contribution in [-0.2, 0) is 22.5 Å². The van der Waals surface area contributed by atoms with Crippen LogP contribution in [0.4, 0.5) is 4.79 Å². The van der Waals surface area contributed by atoms with Gasteiger partial charge in [-0.1, -0.05) is 42.5 Å². The molecule has 1 saturated heterocycles. The summed E-state index contributed by atoms with van der Waals surface area (Å²) in [6.07, 6.45) is 3.33. The minimum atomic E-state index is -0.406. The molecule has 0 saturated carbocycles. The van der Waals surface area contributed by atoms with Crippen LogP contribution in [0.1, 0.15) is 30.4 Å². The van der Waals surface area contributed by atoms with Crippen LogP contribution >= 0.6 is 0 Å². The van der Waals surface area contributed by atoms with Crippen LogP contribution in [0.3, 0.4) is 0 Å². The molecule has 1 aliphatic heterocycles. The van der Waals surface area contributed by atoms with Crippen LogP contribution in [0.25, 0.3) is 0 Å². The Hall–Kier alpha value is -2.53. The second-order valence-corrected chi connectivity index (χ2v) is 6.30. The molecule has 1 heterocycles. The van der Waals surface area contributed by atoms with Crippen molar-refractivity contribution in [2.24, 2.45) is 0 Å². The summed E-state index contributed by atoms with van der Waals surface area (Å²) in [4.78, 5) is 11.8. The van der Waals surface area contributed by atoms with Crippen molar-refractivity contribution < 1.29 is 19.0 Å². The van der Waals surface area contributed by atoms with Gasteiger partial charge in [0.05, 0.1) is 6.61 Å². The quantitative estimate of drug-likeness (QED) is 0.814. The zero-order valence-electron chi connectivity index (χ0n) is 14.9. The highest BCUT2D eigenvalue weighted by atomic mass is 16.7. The summed E-state index contributed by atoms with van der Waals surface area (Å²) in [5, 5.41) is 2.78. The fourth-order valence-electron chi connectivity index (χ4n) is 2.81. The molecule has 1 N–H and O–H groups in total. The summed E-state index contributed by atoms with van der Waals surface area (Å²) in [5.74, 6) is 0.807. The first-order valence-corrected chi connectivity index (χ1v) is 9.11. The third-order valence-corrected chi connectivity index (χ3v) is 4.20. The van der Waals surface area contributed by atoms with Gasteiger partial charge in [-0.25, -0.2) is 4.79 Å². The Morgan fingerprint density at radius 1 is 1.08 bits per heavy atom. The fourth-order valence-corrected chi connectivity index (χ4v) is 2.81. The molecule has 5 nitrogen and oxygen atoms in total. The average molecular weight is 355 g/mol. The molecule has 3 rings (SSSR count). The van der Waals surface area contributed by atoms with Gasteiger partial charge in [0.1, 0.15) is 12.4 Å². The lowest BCUT2D eigenvalue weighted by molar-refractivity contribution is -0.105. The second kappa shape index (κ2) is 9.82. The third kappa shape index (κ3) is 6.08. The molecule has 26 heavy (non-hydrogen) atoms. The van der Waals surface area contributed by atoms with Gasteiger partial charge in [-0.2, -0.15) is 0 Å². The number of ether oxygens (including phenoxy) is 3. The van der Waals surface area contributed by atoms with Gasteiger partial charge in [0.2, 0.25) is 0 Å². The number of alkyl carbamates (subject to hydrolysis) is 1. The second-order valence-electron chi connectivity index (χ2n) is 6.30. The topological polar surface area (TPSA) is 56.8 Å². The van der Waals surface area contributed by atoms with E-state index in [1.54, 1.807) is 0 Å². The monoisotopic (exact) mass is 355 g/mol. The van der Waals surface area contributed by atoms with Gasteiger partial charge in [-0.05, 0) is 42.5 Å². The van der Waals surface area contributed by atoms with Crippen molar-refractivity contribution >= 4 is 6.09 Å². The van der Waals surface area contributed by atoms with Crippen molar-refractivity contribution in [3.05, 3.63) is 65.7 Å². The van der Waals surface area contributed by atoms with E-state index in [4.69, 9.17) is 14.2 Å². The number of amides is 1. The first-order valence-electron chi connectivity index (χ1n) is 9.11. The molecule has 1 amide bonds. The van der Waals surface area contributed by atoms with E-state index >= 15 is 0 Å². The zero-order chi connectivity index (χ0) is 18.0. The van der Waals surface area contributed by atoms with E-state index in [9.17, 15) is 4.79 Å². The predicted molar refractivity (Wildman–Crippen MR) is 99.0 cm³/mol. The molecule has 1 aliphatic rings. The van der Waals surface area contributed by atoms with Gasteiger partial charge >= 0.3 is 6.09 Å². The van der Waals surface area contributed by atoms with E-state index in [0.29, 0.717) is 13.0 Å². The first-order chi connectivity index (χ1) is 12.8. The van der Waals surface area contributed by atoms with E-state index in [-0.39, 0.29) is 12.9 Å². The highest BCUT2D eigenvalue weighted by Gasteiger charge is 2.15. The summed E-state index contributed by atoms with van der Waals surface area (Å²) in [6, 6.07) is 17.5. The smallest absolute Gasteiger partial charge is 0.407 e. The van der Waals surface area contributed by atoms with Crippen LogP contribution < -0.4 is 10.1 Å². The minimum absolute atomic E-state index is 0.148. The Balaban J connectivity index is 1.38. The van der Waals surface area contributed by atoms with Gasteiger partial charge in [0.15, 0.2) is 6.29 Å². The summed E-state index contributed by atoms with van der Waals surface area (Å²) in [7, 11) is 0. The molecule has 2 aromatic carbocycles. The van der Waals surface area contributed by atoms with Crippen molar-refractivity contribution in [1.82, 2.24) is 5.32 Å². The van der Waals surface area contributed by atoms with Crippen molar-refractivity contribution in [2.75, 3.05) is 13.2 Å². The Bertz CT molecular complexity index is 683. The summed E-state index contributed by atoms with van der Waals surface area (Å²) in [5.41, 5.74) is 2.07. The largest absolute Gasteiger partial charge is 0.465 e. The maximum atomic E-state index is 11.8. The number of hydrogen-bond acceptors (Lipinski definition) is 4. The Morgan fingerprint density at radius 3 is 2.73 bits per heavy atom. The SMILES string of the molecule is O=C(NCCc1cccc(OC2CCCCO2)c1)OCc1ccccc1. The summed E-state index contributed by atoms with van der Waals surface area (Å²) >= 11 is 0. The molecule has 1 fully saturated rings. The zero-order valence-corrected chi connectivity index (χ0v) is 14.9. The van der Waals surface area contributed by atoms with E-state index in [1.165, 1.54) is 0 Å². The standard InChI is InChI=1S/C21H25NO4/c23-21(25-16-18-7-2-1-3-8-18)22-13-12-17-9-6-10-19(15-17)26-20-11-4-5-14-24-20/h1-3,6-10,15,20H,4-5,11-14,16H2,(H,22,23). The van der Waals surface area contributed by atoms with Gasteiger partial charge in [0, 0.05) is 13.0 Å². The lowest BCUT2D eigenvalue weighted by Gasteiger charge is -2.23. The minimum Gasteiger partial charge on any atom is -0.465 e. The van der Waals surface area contributed by atoms with Crippen molar-refractivity contribution in [3.63, 3.8) is 0 Å². The molecule has 1 atom stereocenters. The average Bonchev–Trinajstić information content (AvgIpc) is 2.68. The van der Waals surface area contributed by atoms with E-state index < -0.39 is 6.09 Å². The molecule has 1 unspecified atom stereocenters. The van der Waals surface area contributed by atoms with Crippen LogP contribution in [-0.4, -0.2) is 25.5 Å². The molecule has 0 radical (unpaired) electrons. The van der Waals surface area contributed by atoms with Crippen LogP contribution in [0.15, 0.2) is 54.6 Å². The van der Waals surface area contributed by atoms with Crippen LogP contribution in [0.5, 0.6) is 5.75 Å². The van der Waals surface area contributed by atoms with Gasteiger partial charge in [-0.15, -0.1) is 0 Å². The molecule has 0 bridgehead atoms. The Labute approximate surface area is 154 Å². The lowest BCUT2D eigenvalue weighted by atomic mass is 10.1. The van der Waals surface area contributed by atoms with Crippen molar-refractivity contribution in [1.29, 1.82) is 0 Å². The normalized spacial score (nSPS) is 16.7. The number of nitrogens with one attached hydrogen (secondary N) is 1. The molecular weight excluding hydrogens is 330 g/mol. The van der Waals surface area contributed by atoms with Crippen LogP contribution in [0, 0.1) is 0 Å². The summed E-state index contributed by atoms with van der Waals surface area (Å²) in [6.45, 7) is 1.55. The predicted octanol–water partition coefficient (Wildman–Crippen LogP) is 4.06. The van der Waals surface area contributed by atoms with Crippen molar-refractivity contribution in [2.45, 2.75) is 38.6 Å². The highest BCUT2D eigenvalue weighted by molar-refractivity contribution is 5.67. The first kappa shape index (κ1) is 18.3. The van der Waals surface area contributed by atoms with Gasteiger partial charge < -0.3 is 19.5 Å².